The number of halogens is 1. The van der Waals surface area contributed by atoms with Crippen LogP contribution in [-0.2, 0) is 11.2 Å². The van der Waals surface area contributed by atoms with Crippen LogP contribution in [0.3, 0.4) is 0 Å². The number of carboxylic acid groups (broad SMARTS) is 1. The standard InChI is InChI=1S/C14H18FNO2/c15-12-3-1-2-10(6-12)7-13-8-11(4-5-16-13)9-14(17)18/h1-3,6,11,13,16H,4-5,7-9H2,(H,17,18). The van der Waals surface area contributed by atoms with Gasteiger partial charge in [0.15, 0.2) is 0 Å². The third kappa shape index (κ3) is 3.81. The summed E-state index contributed by atoms with van der Waals surface area (Å²) in [5, 5.41) is 12.2. The molecule has 1 heterocycles. The summed E-state index contributed by atoms with van der Waals surface area (Å²) in [7, 11) is 0. The van der Waals surface area contributed by atoms with Crippen molar-refractivity contribution in [3.8, 4) is 0 Å². The first-order valence-electron chi connectivity index (χ1n) is 6.33. The lowest BCUT2D eigenvalue weighted by Crippen LogP contribution is -2.40. The Morgan fingerprint density at radius 2 is 2.33 bits per heavy atom. The third-order valence-corrected chi connectivity index (χ3v) is 3.44. The first-order valence-corrected chi connectivity index (χ1v) is 6.33. The Bertz CT molecular complexity index is 422. The molecule has 98 valence electrons. The van der Waals surface area contributed by atoms with Gasteiger partial charge < -0.3 is 10.4 Å². The van der Waals surface area contributed by atoms with Crippen LogP contribution in [0.4, 0.5) is 4.39 Å². The predicted octanol–water partition coefficient (Wildman–Crippen LogP) is 2.21. The molecule has 0 radical (unpaired) electrons. The Morgan fingerprint density at radius 1 is 1.50 bits per heavy atom. The molecule has 2 atom stereocenters. The highest BCUT2D eigenvalue weighted by Crippen LogP contribution is 2.22. The van der Waals surface area contributed by atoms with Gasteiger partial charge in [0.05, 0.1) is 0 Å². The molecule has 1 aromatic rings. The summed E-state index contributed by atoms with van der Waals surface area (Å²) >= 11 is 0. The molecule has 2 N–H and O–H groups in total. The molecule has 1 aliphatic rings. The van der Waals surface area contributed by atoms with Crippen molar-refractivity contribution >= 4 is 5.97 Å². The average molecular weight is 251 g/mol. The highest BCUT2D eigenvalue weighted by Gasteiger charge is 2.23. The predicted molar refractivity (Wildman–Crippen MR) is 66.9 cm³/mol. The normalized spacial score (nSPS) is 23.8. The lowest BCUT2D eigenvalue weighted by Gasteiger charge is -2.29. The molecule has 4 heteroatoms. The zero-order chi connectivity index (χ0) is 13.0. The molecule has 1 saturated heterocycles. The van der Waals surface area contributed by atoms with Crippen LogP contribution in [0, 0.1) is 11.7 Å². The fraction of sp³-hybridized carbons (Fsp3) is 0.500. The highest BCUT2D eigenvalue weighted by molar-refractivity contribution is 5.67. The number of hydrogen-bond acceptors (Lipinski definition) is 2. The van der Waals surface area contributed by atoms with Gasteiger partial charge in [0, 0.05) is 12.5 Å². The Labute approximate surface area is 106 Å². The van der Waals surface area contributed by atoms with Gasteiger partial charge in [0.25, 0.3) is 0 Å². The van der Waals surface area contributed by atoms with E-state index in [4.69, 9.17) is 5.11 Å². The number of nitrogens with one attached hydrogen (secondary N) is 1. The minimum absolute atomic E-state index is 0.217. The monoisotopic (exact) mass is 251 g/mol. The molecular weight excluding hydrogens is 233 g/mol. The molecule has 2 unspecified atom stereocenters. The molecule has 1 aromatic carbocycles. The Hall–Kier alpha value is -1.42. The molecule has 18 heavy (non-hydrogen) atoms. The van der Waals surface area contributed by atoms with Crippen molar-refractivity contribution in [3.05, 3.63) is 35.6 Å². The quantitative estimate of drug-likeness (QED) is 0.862. The lowest BCUT2D eigenvalue weighted by atomic mass is 9.87. The Balaban J connectivity index is 1.91. The number of piperidine rings is 1. The SMILES string of the molecule is O=C(O)CC1CCNC(Cc2cccc(F)c2)C1. The van der Waals surface area contributed by atoms with Gasteiger partial charge in [-0.15, -0.1) is 0 Å². The summed E-state index contributed by atoms with van der Waals surface area (Å²) in [4.78, 5) is 10.7. The Morgan fingerprint density at radius 3 is 3.06 bits per heavy atom. The van der Waals surface area contributed by atoms with Gasteiger partial charge in [-0.25, -0.2) is 4.39 Å². The van der Waals surface area contributed by atoms with Crippen molar-refractivity contribution in [1.29, 1.82) is 0 Å². The van der Waals surface area contributed by atoms with Crippen molar-refractivity contribution in [3.63, 3.8) is 0 Å². The fourth-order valence-corrected chi connectivity index (χ4v) is 2.63. The maximum absolute atomic E-state index is 13.1. The summed E-state index contributed by atoms with van der Waals surface area (Å²) in [5.74, 6) is -0.709. The maximum atomic E-state index is 13.1. The van der Waals surface area contributed by atoms with Crippen LogP contribution in [0.2, 0.25) is 0 Å². The zero-order valence-corrected chi connectivity index (χ0v) is 10.2. The van der Waals surface area contributed by atoms with Gasteiger partial charge in [-0.05, 0) is 49.4 Å². The zero-order valence-electron chi connectivity index (χ0n) is 10.2. The van der Waals surface area contributed by atoms with Crippen LogP contribution in [0.15, 0.2) is 24.3 Å². The fourth-order valence-electron chi connectivity index (χ4n) is 2.63. The van der Waals surface area contributed by atoms with Gasteiger partial charge in [0.2, 0.25) is 0 Å². The van der Waals surface area contributed by atoms with E-state index < -0.39 is 5.97 Å². The van der Waals surface area contributed by atoms with Crippen LogP contribution in [-0.4, -0.2) is 23.7 Å². The largest absolute Gasteiger partial charge is 0.481 e. The minimum Gasteiger partial charge on any atom is -0.481 e. The maximum Gasteiger partial charge on any atom is 0.303 e. The van der Waals surface area contributed by atoms with Gasteiger partial charge in [-0.1, -0.05) is 12.1 Å². The van der Waals surface area contributed by atoms with Crippen molar-refractivity contribution in [1.82, 2.24) is 5.32 Å². The average Bonchev–Trinajstić information content (AvgIpc) is 2.28. The molecule has 2 rings (SSSR count). The van der Waals surface area contributed by atoms with Crippen molar-refractivity contribution < 1.29 is 14.3 Å². The van der Waals surface area contributed by atoms with E-state index in [0.717, 1.165) is 31.4 Å². The Kier molecular flexibility index (Phi) is 4.31. The molecule has 0 spiro atoms. The summed E-state index contributed by atoms with van der Waals surface area (Å²) in [6.45, 7) is 0.845. The topological polar surface area (TPSA) is 49.3 Å². The number of carboxylic acids is 1. The van der Waals surface area contributed by atoms with Crippen LogP contribution in [0.5, 0.6) is 0 Å². The van der Waals surface area contributed by atoms with Crippen molar-refractivity contribution in [2.24, 2.45) is 5.92 Å². The molecule has 0 aliphatic carbocycles. The van der Waals surface area contributed by atoms with E-state index in [2.05, 4.69) is 5.32 Å². The highest BCUT2D eigenvalue weighted by atomic mass is 19.1. The number of benzene rings is 1. The van der Waals surface area contributed by atoms with Gasteiger partial charge in [-0.3, -0.25) is 4.79 Å². The van der Waals surface area contributed by atoms with Crippen LogP contribution >= 0.6 is 0 Å². The minimum atomic E-state index is -0.730. The molecule has 0 aromatic heterocycles. The molecule has 0 bridgehead atoms. The van der Waals surface area contributed by atoms with E-state index >= 15 is 0 Å². The summed E-state index contributed by atoms with van der Waals surface area (Å²) < 4.78 is 13.1. The van der Waals surface area contributed by atoms with Crippen molar-refractivity contribution in [2.75, 3.05) is 6.54 Å². The molecule has 3 nitrogen and oxygen atoms in total. The van der Waals surface area contributed by atoms with Crippen LogP contribution in [0.25, 0.3) is 0 Å². The third-order valence-electron chi connectivity index (χ3n) is 3.44. The van der Waals surface area contributed by atoms with Crippen molar-refractivity contribution in [2.45, 2.75) is 31.7 Å². The van der Waals surface area contributed by atoms with E-state index in [0.29, 0.717) is 0 Å². The second-order valence-electron chi connectivity index (χ2n) is 4.97. The number of carbonyl (C=O) groups is 1. The molecular formula is C14H18FNO2. The van der Waals surface area contributed by atoms with Gasteiger partial charge in [0.1, 0.15) is 5.82 Å². The summed E-state index contributed by atoms with van der Waals surface area (Å²) in [5.41, 5.74) is 0.962. The smallest absolute Gasteiger partial charge is 0.303 e. The van der Waals surface area contributed by atoms with E-state index in [-0.39, 0.29) is 24.2 Å². The van der Waals surface area contributed by atoms with E-state index in [9.17, 15) is 9.18 Å². The summed E-state index contributed by atoms with van der Waals surface area (Å²) in [6, 6.07) is 6.85. The summed E-state index contributed by atoms with van der Waals surface area (Å²) in [6.07, 6.45) is 2.75. The van der Waals surface area contributed by atoms with E-state index in [1.807, 2.05) is 6.07 Å². The molecule has 1 fully saturated rings. The second-order valence-corrected chi connectivity index (χ2v) is 4.97. The first kappa shape index (κ1) is 13.0. The lowest BCUT2D eigenvalue weighted by molar-refractivity contribution is -0.138. The van der Waals surface area contributed by atoms with Gasteiger partial charge >= 0.3 is 5.97 Å². The van der Waals surface area contributed by atoms with E-state index in [1.165, 1.54) is 6.07 Å². The van der Waals surface area contributed by atoms with Crippen LogP contribution in [0.1, 0.15) is 24.8 Å². The molecule has 1 aliphatic heterocycles. The second kappa shape index (κ2) is 5.96. The molecule has 0 amide bonds. The molecule has 0 saturated carbocycles. The van der Waals surface area contributed by atoms with Crippen LogP contribution < -0.4 is 5.32 Å². The first-order chi connectivity index (χ1) is 8.63. The number of hydrogen-bond donors (Lipinski definition) is 2. The number of rotatable bonds is 4. The van der Waals surface area contributed by atoms with Gasteiger partial charge in [-0.2, -0.15) is 0 Å². The number of aliphatic carboxylic acids is 1. The van der Waals surface area contributed by atoms with E-state index in [1.54, 1.807) is 12.1 Å².